The molecule has 1 atom stereocenters. The highest BCUT2D eigenvalue weighted by atomic mass is 35.5. The quantitative estimate of drug-likeness (QED) is 0.846. The number of halogens is 1. The van der Waals surface area contributed by atoms with Gasteiger partial charge in [-0.2, -0.15) is 15.0 Å². The van der Waals surface area contributed by atoms with Crippen molar-refractivity contribution in [2.75, 3.05) is 11.9 Å². The van der Waals surface area contributed by atoms with Crippen LogP contribution in [0.2, 0.25) is 5.28 Å². The highest BCUT2D eigenvalue weighted by Crippen LogP contribution is 2.32. The molecule has 8 heteroatoms. The molecule has 2 aromatic rings. The van der Waals surface area contributed by atoms with E-state index in [9.17, 15) is 5.11 Å². The van der Waals surface area contributed by atoms with Crippen molar-refractivity contribution in [2.24, 2.45) is 5.92 Å². The first-order valence-electron chi connectivity index (χ1n) is 6.04. The summed E-state index contributed by atoms with van der Waals surface area (Å²) in [4.78, 5) is 16.1. The van der Waals surface area contributed by atoms with Crippen molar-refractivity contribution in [3.8, 4) is 5.95 Å². The molecule has 0 aromatic carbocycles. The number of aromatic nitrogens is 5. The first-order chi connectivity index (χ1) is 9.22. The summed E-state index contributed by atoms with van der Waals surface area (Å²) < 4.78 is 1.63. The van der Waals surface area contributed by atoms with Gasteiger partial charge in [0.15, 0.2) is 0 Å². The minimum Gasteiger partial charge on any atom is -0.391 e. The smallest absolute Gasteiger partial charge is 0.241 e. The molecule has 0 aliphatic heterocycles. The third-order valence-corrected chi connectivity index (χ3v) is 3.14. The van der Waals surface area contributed by atoms with Crippen LogP contribution in [0.3, 0.4) is 0 Å². The number of anilines is 1. The van der Waals surface area contributed by atoms with Crippen LogP contribution >= 0.6 is 11.6 Å². The van der Waals surface area contributed by atoms with Gasteiger partial charge in [-0.05, 0) is 30.4 Å². The molecule has 1 aliphatic carbocycles. The number of aliphatic hydroxyl groups is 1. The van der Waals surface area contributed by atoms with Crippen LogP contribution in [0.5, 0.6) is 0 Å². The number of aliphatic hydroxyl groups excluding tert-OH is 1. The lowest BCUT2D eigenvalue weighted by molar-refractivity contribution is 0.164. The standard InChI is InChI=1S/C11H13ClN6O/c12-9-15-10(14-5-8(19)7-1-2-7)17-11(16-9)18-4-3-13-6-18/h3-4,6-8,19H,1-2,5H2,(H,14,15,16,17). The number of nitrogens with one attached hydrogen (secondary N) is 1. The lowest BCUT2D eigenvalue weighted by Gasteiger charge is -2.11. The van der Waals surface area contributed by atoms with Gasteiger partial charge in [-0.25, -0.2) is 4.98 Å². The van der Waals surface area contributed by atoms with Crippen LogP contribution in [0.25, 0.3) is 5.95 Å². The van der Waals surface area contributed by atoms with Gasteiger partial charge in [0.25, 0.3) is 0 Å². The Hall–Kier alpha value is -1.73. The van der Waals surface area contributed by atoms with E-state index in [1.807, 2.05) is 0 Å². The average molecular weight is 281 g/mol. The molecule has 2 aromatic heterocycles. The van der Waals surface area contributed by atoms with Crippen LogP contribution in [-0.4, -0.2) is 42.3 Å². The number of rotatable bonds is 5. The van der Waals surface area contributed by atoms with Crippen LogP contribution in [0, 0.1) is 5.92 Å². The number of imidazole rings is 1. The summed E-state index contributed by atoms with van der Waals surface area (Å²) in [6.07, 6.45) is 6.72. The molecule has 19 heavy (non-hydrogen) atoms. The van der Waals surface area contributed by atoms with Crippen molar-refractivity contribution in [3.05, 3.63) is 24.0 Å². The zero-order chi connectivity index (χ0) is 13.2. The Morgan fingerprint density at radius 2 is 2.26 bits per heavy atom. The van der Waals surface area contributed by atoms with E-state index in [1.54, 1.807) is 23.3 Å². The molecule has 0 bridgehead atoms. The molecule has 0 saturated heterocycles. The van der Waals surface area contributed by atoms with Crippen LogP contribution in [0.4, 0.5) is 5.95 Å². The van der Waals surface area contributed by atoms with Crippen molar-refractivity contribution in [1.29, 1.82) is 0 Å². The zero-order valence-electron chi connectivity index (χ0n) is 10.1. The van der Waals surface area contributed by atoms with Crippen LogP contribution < -0.4 is 5.32 Å². The summed E-state index contributed by atoms with van der Waals surface area (Å²) in [7, 11) is 0. The lowest BCUT2D eigenvalue weighted by Crippen LogP contribution is -2.22. The largest absolute Gasteiger partial charge is 0.391 e. The van der Waals surface area contributed by atoms with Crippen LogP contribution in [0.1, 0.15) is 12.8 Å². The molecule has 100 valence electrons. The lowest BCUT2D eigenvalue weighted by atomic mass is 10.2. The van der Waals surface area contributed by atoms with E-state index in [4.69, 9.17) is 11.6 Å². The summed E-state index contributed by atoms with van der Waals surface area (Å²) in [5.41, 5.74) is 0. The average Bonchev–Trinajstić information content (AvgIpc) is 3.10. The fourth-order valence-corrected chi connectivity index (χ4v) is 1.91. The molecular weight excluding hydrogens is 268 g/mol. The predicted molar refractivity (Wildman–Crippen MR) is 69.2 cm³/mol. The first kappa shape index (κ1) is 12.3. The maximum Gasteiger partial charge on any atom is 0.241 e. The Labute approximate surface area is 114 Å². The van der Waals surface area contributed by atoms with E-state index in [0.717, 1.165) is 12.8 Å². The van der Waals surface area contributed by atoms with Crippen LogP contribution in [-0.2, 0) is 0 Å². The van der Waals surface area contributed by atoms with Crippen molar-refractivity contribution in [1.82, 2.24) is 24.5 Å². The van der Waals surface area contributed by atoms with Gasteiger partial charge in [-0.3, -0.25) is 4.57 Å². The highest BCUT2D eigenvalue weighted by molar-refractivity contribution is 6.28. The molecule has 1 saturated carbocycles. The topological polar surface area (TPSA) is 88.8 Å². The Kier molecular flexibility index (Phi) is 3.31. The second-order valence-corrected chi connectivity index (χ2v) is 4.82. The SMILES string of the molecule is OC(CNc1nc(Cl)nc(-n2ccnc2)n1)C1CC1. The predicted octanol–water partition coefficient (Wildman–Crippen LogP) is 0.893. The maximum absolute atomic E-state index is 9.79. The molecule has 1 unspecified atom stereocenters. The normalized spacial score (nSPS) is 16.3. The second kappa shape index (κ2) is 5.10. The molecule has 1 fully saturated rings. The number of nitrogens with zero attached hydrogens (tertiary/aromatic N) is 5. The fraction of sp³-hybridized carbons (Fsp3) is 0.455. The van der Waals surface area contributed by atoms with E-state index >= 15 is 0 Å². The number of hydrogen-bond acceptors (Lipinski definition) is 6. The molecule has 0 amide bonds. The summed E-state index contributed by atoms with van der Waals surface area (Å²) in [6.45, 7) is 0.411. The first-order valence-corrected chi connectivity index (χ1v) is 6.42. The summed E-state index contributed by atoms with van der Waals surface area (Å²) in [5.74, 6) is 1.14. The molecule has 7 nitrogen and oxygen atoms in total. The van der Waals surface area contributed by atoms with Gasteiger partial charge >= 0.3 is 0 Å². The molecule has 0 spiro atoms. The summed E-state index contributed by atoms with van der Waals surface area (Å²) >= 11 is 5.86. The van der Waals surface area contributed by atoms with Crippen molar-refractivity contribution in [2.45, 2.75) is 18.9 Å². The van der Waals surface area contributed by atoms with Gasteiger partial charge in [0, 0.05) is 18.9 Å². The third kappa shape index (κ3) is 2.99. The van der Waals surface area contributed by atoms with Gasteiger partial charge in [-0.1, -0.05) is 0 Å². The van der Waals surface area contributed by atoms with Gasteiger partial charge < -0.3 is 10.4 Å². The van der Waals surface area contributed by atoms with Crippen LogP contribution in [0.15, 0.2) is 18.7 Å². The summed E-state index contributed by atoms with van der Waals surface area (Å²) in [5, 5.41) is 12.9. The Bertz CT molecular complexity index is 556. The minimum absolute atomic E-state index is 0.0992. The molecule has 1 aliphatic rings. The summed E-state index contributed by atoms with van der Waals surface area (Å²) in [6, 6.07) is 0. The van der Waals surface area contributed by atoms with Gasteiger partial charge in [0.05, 0.1) is 6.10 Å². The van der Waals surface area contributed by atoms with Gasteiger partial charge in [0.2, 0.25) is 17.2 Å². The molecule has 3 rings (SSSR count). The molecule has 2 heterocycles. The Balaban J connectivity index is 1.74. The van der Waals surface area contributed by atoms with Crippen molar-refractivity contribution < 1.29 is 5.11 Å². The molecule has 2 N–H and O–H groups in total. The van der Waals surface area contributed by atoms with Gasteiger partial charge in [0.1, 0.15) is 6.33 Å². The minimum atomic E-state index is -0.368. The monoisotopic (exact) mass is 280 g/mol. The van der Waals surface area contributed by atoms with Crippen molar-refractivity contribution >= 4 is 17.5 Å². The van der Waals surface area contributed by atoms with Gasteiger partial charge in [-0.15, -0.1) is 0 Å². The maximum atomic E-state index is 9.79. The Morgan fingerprint density at radius 3 is 2.95 bits per heavy atom. The second-order valence-electron chi connectivity index (χ2n) is 4.48. The van der Waals surface area contributed by atoms with E-state index in [-0.39, 0.29) is 11.4 Å². The molecule has 0 radical (unpaired) electrons. The van der Waals surface area contributed by atoms with E-state index in [1.165, 1.54) is 0 Å². The van der Waals surface area contributed by atoms with E-state index < -0.39 is 0 Å². The fourth-order valence-electron chi connectivity index (χ4n) is 1.76. The Morgan fingerprint density at radius 1 is 1.42 bits per heavy atom. The van der Waals surface area contributed by atoms with E-state index in [2.05, 4.69) is 25.3 Å². The van der Waals surface area contributed by atoms with E-state index in [0.29, 0.717) is 24.4 Å². The third-order valence-electron chi connectivity index (χ3n) is 2.97. The van der Waals surface area contributed by atoms with Crippen molar-refractivity contribution in [3.63, 3.8) is 0 Å². The number of hydrogen-bond donors (Lipinski definition) is 2. The zero-order valence-corrected chi connectivity index (χ0v) is 10.8. The molecular formula is C11H13ClN6O. The highest BCUT2D eigenvalue weighted by Gasteiger charge is 2.29.